The van der Waals surface area contributed by atoms with Gasteiger partial charge in [0.1, 0.15) is 0 Å². The largest absolute Gasteiger partial charge is 0.382 e. The van der Waals surface area contributed by atoms with Crippen LogP contribution in [0.5, 0.6) is 0 Å². The number of nitrogens with one attached hydrogen (secondary N) is 1. The number of aromatic amines is 1. The second kappa shape index (κ2) is 5.24. The monoisotopic (exact) mass is 289 g/mol. The van der Waals surface area contributed by atoms with Crippen molar-refractivity contribution in [3.05, 3.63) is 23.2 Å². The highest BCUT2D eigenvalue weighted by Gasteiger charge is 2.40. The van der Waals surface area contributed by atoms with E-state index in [0.29, 0.717) is 11.7 Å². The summed E-state index contributed by atoms with van der Waals surface area (Å²) in [5.41, 5.74) is 8.84. The molecule has 1 aliphatic rings. The Morgan fingerprint density at radius 2 is 2.15 bits per heavy atom. The standard InChI is InChI=1S/C16H23N3S/c1-11(2)10-16(7-3-4-8-16)14-13(15(17)19-18-14)12-6-5-9-20-12/h5-6,9,11H,3-4,7-8,10H2,1-2H3,(H3,17,18,19). The van der Waals surface area contributed by atoms with Crippen LogP contribution in [0, 0.1) is 5.92 Å². The van der Waals surface area contributed by atoms with Gasteiger partial charge in [0, 0.05) is 10.3 Å². The summed E-state index contributed by atoms with van der Waals surface area (Å²) in [7, 11) is 0. The van der Waals surface area contributed by atoms with Crippen LogP contribution in [-0.2, 0) is 5.41 Å². The third-order valence-corrected chi connectivity index (χ3v) is 5.34. The van der Waals surface area contributed by atoms with E-state index in [9.17, 15) is 0 Å². The molecule has 2 aromatic heterocycles. The quantitative estimate of drug-likeness (QED) is 0.865. The van der Waals surface area contributed by atoms with Gasteiger partial charge in [-0.2, -0.15) is 5.10 Å². The summed E-state index contributed by atoms with van der Waals surface area (Å²) in [5.74, 6) is 1.34. The summed E-state index contributed by atoms with van der Waals surface area (Å²) in [5, 5.41) is 9.72. The Hall–Kier alpha value is -1.29. The number of thiophene rings is 1. The molecule has 0 unspecified atom stereocenters. The molecule has 0 aromatic carbocycles. The van der Waals surface area contributed by atoms with Gasteiger partial charge in [0.25, 0.3) is 0 Å². The second-order valence-electron chi connectivity index (χ2n) is 6.42. The SMILES string of the molecule is CC(C)CC1(c2[nH]nc(N)c2-c2cccs2)CCCC1. The maximum Gasteiger partial charge on any atom is 0.154 e. The molecule has 4 heteroatoms. The summed E-state index contributed by atoms with van der Waals surface area (Å²) >= 11 is 1.75. The Morgan fingerprint density at radius 1 is 1.40 bits per heavy atom. The molecule has 1 saturated carbocycles. The number of anilines is 1. The van der Waals surface area contributed by atoms with E-state index in [2.05, 4.69) is 41.6 Å². The number of H-pyrrole nitrogens is 1. The third kappa shape index (κ3) is 2.26. The van der Waals surface area contributed by atoms with Crippen molar-refractivity contribution in [2.45, 2.75) is 51.4 Å². The van der Waals surface area contributed by atoms with E-state index in [-0.39, 0.29) is 5.41 Å². The van der Waals surface area contributed by atoms with Gasteiger partial charge in [0.05, 0.1) is 11.3 Å². The number of hydrogen-bond donors (Lipinski definition) is 2. The van der Waals surface area contributed by atoms with Crippen molar-refractivity contribution in [1.29, 1.82) is 0 Å². The molecule has 0 atom stereocenters. The van der Waals surface area contributed by atoms with E-state index in [4.69, 9.17) is 5.73 Å². The molecule has 0 bridgehead atoms. The molecule has 0 aliphatic heterocycles. The molecule has 108 valence electrons. The van der Waals surface area contributed by atoms with Crippen molar-refractivity contribution in [1.82, 2.24) is 10.2 Å². The van der Waals surface area contributed by atoms with Gasteiger partial charge in [0.15, 0.2) is 5.82 Å². The predicted octanol–water partition coefficient (Wildman–Crippen LogP) is 4.58. The Bertz CT molecular complexity index is 563. The molecule has 1 fully saturated rings. The lowest BCUT2D eigenvalue weighted by atomic mass is 9.74. The lowest BCUT2D eigenvalue weighted by molar-refractivity contribution is 0.339. The average Bonchev–Trinajstić information content (AvgIpc) is 3.07. The number of nitrogen functional groups attached to an aromatic ring is 1. The maximum atomic E-state index is 6.15. The van der Waals surface area contributed by atoms with Crippen LogP contribution in [0.2, 0.25) is 0 Å². The predicted molar refractivity (Wildman–Crippen MR) is 85.9 cm³/mol. The number of nitrogens with two attached hydrogens (primary N) is 1. The fourth-order valence-corrected chi connectivity index (χ4v) is 4.58. The first kappa shape index (κ1) is 13.7. The zero-order chi connectivity index (χ0) is 14.2. The van der Waals surface area contributed by atoms with E-state index in [0.717, 1.165) is 5.56 Å². The summed E-state index contributed by atoms with van der Waals surface area (Å²) < 4.78 is 0. The van der Waals surface area contributed by atoms with Crippen LogP contribution >= 0.6 is 11.3 Å². The fraction of sp³-hybridized carbons (Fsp3) is 0.562. The highest BCUT2D eigenvalue weighted by molar-refractivity contribution is 7.13. The smallest absolute Gasteiger partial charge is 0.154 e. The van der Waals surface area contributed by atoms with Crippen LogP contribution in [0.15, 0.2) is 17.5 Å². The van der Waals surface area contributed by atoms with Gasteiger partial charge in [-0.05, 0) is 36.6 Å². The molecule has 0 amide bonds. The Balaban J connectivity index is 2.09. The summed E-state index contributed by atoms with van der Waals surface area (Å²) in [4.78, 5) is 1.24. The zero-order valence-electron chi connectivity index (χ0n) is 12.3. The second-order valence-corrected chi connectivity index (χ2v) is 7.37. The van der Waals surface area contributed by atoms with Crippen molar-refractivity contribution >= 4 is 17.2 Å². The normalized spacial score (nSPS) is 17.9. The Labute approximate surface area is 124 Å². The topological polar surface area (TPSA) is 54.7 Å². The van der Waals surface area contributed by atoms with Gasteiger partial charge in [-0.25, -0.2) is 0 Å². The van der Waals surface area contributed by atoms with E-state index < -0.39 is 0 Å². The van der Waals surface area contributed by atoms with Gasteiger partial charge >= 0.3 is 0 Å². The minimum Gasteiger partial charge on any atom is -0.382 e. The molecule has 0 spiro atoms. The lowest BCUT2D eigenvalue weighted by Gasteiger charge is -2.30. The Kier molecular flexibility index (Phi) is 3.59. The minimum absolute atomic E-state index is 0.248. The number of nitrogens with zero attached hydrogens (tertiary/aromatic N) is 1. The van der Waals surface area contributed by atoms with E-state index in [1.165, 1.54) is 42.7 Å². The zero-order valence-corrected chi connectivity index (χ0v) is 13.1. The van der Waals surface area contributed by atoms with Gasteiger partial charge in [-0.15, -0.1) is 11.3 Å². The lowest BCUT2D eigenvalue weighted by Crippen LogP contribution is -2.25. The third-order valence-electron chi connectivity index (χ3n) is 4.45. The van der Waals surface area contributed by atoms with Crippen molar-refractivity contribution in [3.63, 3.8) is 0 Å². The molecular formula is C16H23N3S. The van der Waals surface area contributed by atoms with Crippen LogP contribution in [0.25, 0.3) is 10.4 Å². The highest BCUT2D eigenvalue weighted by atomic mass is 32.1. The van der Waals surface area contributed by atoms with Gasteiger partial charge in [-0.1, -0.05) is 32.8 Å². The first-order valence-electron chi connectivity index (χ1n) is 7.50. The van der Waals surface area contributed by atoms with Crippen molar-refractivity contribution < 1.29 is 0 Å². The Morgan fingerprint density at radius 3 is 2.75 bits per heavy atom. The van der Waals surface area contributed by atoms with Crippen LogP contribution in [0.4, 0.5) is 5.82 Å². The van der Waals surface area contributed by atoms with Crippen LogP contribution in [-0.4, -0.2) is 10.2 Å². The molecule has 3 rings (SSSR count). The van der Waals surface area contributed by atoms with Gasteiger partial charge in [0.2, 0.25) is 0 Å². The van der Waals surface area contributed by atoms with E-state index in [1.54, 1.807) is 11.3 Å². The number of rotatable bonds is 4. The van der Waals surface area contributed by atoms with Crippen molar-refractivity contribution in [2.24, 2.45) is 5.92 Å². The van der Waals surface area contributed by atoms with Gasteiger partial charge in [-0.3, -0.25) is 5.10 Å². The molecular weight excluding hydrogens is 266 g/mol. The first-order chi connectivity index (χ1) is 9.62. The summed E-state index contributed by atoms with van der Waals surface area (Å²) in [6.45, 7) is 4.62. The maximum absolute atomic E-state index is 6.15. The van der Waals surface area contributed by atoms with E-state index >= 15 is 0 Å². The molecule has 1 aliphatic carbocycles. The molecule has 3 N–H and O–H groups in total. The molecule has 2 heterocycles. The van der Waals surface area contributed by atoms with Crippen molar-refractivity contribution in [3.8, 4) is 10.4 Å². The molecule has 0 radical (unpaired) electrons. The van der Waals surface area contributed by atoms with Crippen LogP contribution in [0.1, 0.15) is 51.6 Å². The van der Waals surface area contributed by atoms with Gasteiger partial charge < -0.3 is 5.73 Å². The molecule has 0 saturated heterocycles. The molecule has 2 aromatic rings. The highest BCUT2D eigenvalue weighted by Crippen LogP contribution is 2.49. The summed E-state index contributed by atoms with van der Waals surface area (Å²) in [6, 6.07) is 4.23. The first-order valence-corrected chi connectivity index (χ1v) is 8.38. The minimum atomic E-state index is 0.248. The average molecular weight is 289 g/mol. The molecule has 3 nitrogen and oxygen atoms in total. The number of hydrogen-bond acceptors (Lipinski definition) is 3. The van der Waals surface area contributed by atoms with Crippen LogP contribution < -0.4 is 5.73 Å². The van der Waals surface area contributed by atoms with Crippen LogP contribution in [0.3, 0.4) is 0 Å². The summed E-state index contributed by atoms with van der Waals surface area (Å²) in [6.07, 6.45) is 6.36. The number of aromatic nitrogens is 2. The van der Waals surface area contributed by atoms with Crippen molar-refractivity contribution in [2.75, 3.05) is 5.73 Å². The van der Waals surface area contributed by atoms with E-state index in [1.807, 2.05) is 0 Å². The molecule has 20 heavy (non-hydrogen) atoms. The fourth-order valence-electron chi connectivity index (χ4n) is 3.80.